The molecule has 3 aromatic rings. The van der Waals surface area contributed by atoms with Crippen LogP contribution in [0.5, 0.6) is 0 Å². The van der Waals surface area contributed by atoms with Crippen molar-refractivity contribution >= 4 is 34.0 Å². The second kappa shape index (κ2) is 7.01. The highest BCUT2D eigenvalue weighted by molar-refractivity contribution is 7.98. The number of nitrogens with zero attached hydrogens (tertiary/aromatic N) is 1. The lowest BCUT2D eigenvalue weighted by Crippen LogP contribution is -2.15. The lowest BCUT2D eigenvalue weighted by Gasteiger charge is -2.13. The number of hydrogen-bond donors (Lipinski definition) is 2. The number of pyridine rings is 1. The van der Waals surface area contributed by atoms with Crippen molar-refractivity contribution in [1.82, 2.24) is 4.98 Å². The smallest absolute Gasteiger partial charge is 0.253 e. The number of aromatic nitrogens is 1. The van der Waals surface area contributed by atoms with Crippen molar-refractivity contribution in [3.05, 3.63) is 64.4 Å². The fourth-order valence-corrected chi connectivity index (χ4v) is 3.00. The highest BCUT2D eigenvalue weighted by atomic mass is 32.2. The van der Waals surface area contributed by atoms with Crippen LogP contribution in [0.1, 0.15) is 5.56 Å². The van der Waals surface area contributed by atoms with Gasteiger partial charge in [-0.2, -0.15) is 0 Å². The molecule has 0 amide bonds. The second-order valence-corrected chi connectivity index (χ2v) is 6.75. The normalized spacial score (nSPS) is 10.8. The van der Waals surface area contributed by atoms with Gasteiger partial charge >= 0.3 is 0 Å². The van der Waals surface area contributed by atoms with E-state index in [1.165, 1.54) is 0 Å². The summed E-state index contributed by atoms with van der Waals surface area (Å²) >= 11 is 1.67. The first-order chi connectivity index (χ1) is 11.6. The average Bonchev–Trinajstić information content (AvgIpc) is 2.59. The Balaban J connectivity index is 1.79. The molecule has 2 aromatic carbocycles. The zero-order chi connectivity index (χ0) is 17.1. The maximum Gasteiger partial charge on any atom is 0.253 e. The fourth-order valence-electron chi connectivity index (χ4n) is 2.56. The van der Waals surface area contributed by atoms with Gasteiger partial charge in [-0.25, -0.2) is 0 Å². The molecule has 0 saturated heterocycles. The van der Waals surface area contributed by atoms with Gasteiger partial charge in [0.25, 0.3) is 5.56 Å². The molecule has 0 aliphatic heterocycles. The number of anilines is 2. The minimum atomic E-state index is -0.0434. The van der Waals surface area contributed by atoms with Crippen LogP contribution >= 0.6 is 11.8 Å². The van der Waals surface area contributed by atoms with Crippen LogP contribution in [0.4, 0.5) is 11.4 Å². The zero-order valence-corrected chi connectivity index (χ0v) is 14.9. The quantitative estimate of drug-likeness (QED) is 0.692. The number of aromatic amines is 1. The van der Waals surface area contributed by atoms with E-state index in [0.29, 0.717) is 6.54 Å². The molecule has 0 spiro atoms. The summed E-state index contributed by atoms with van der Waals surface area (Å²) in [4.78, 5) is 18.5. The van der Waals surface area contributed by atoms with E-state index in [4.69, 9.17) is 0 Å². The van der Waals surface area contributed by atoms with Crippen molar-refractivity contribution in [3.8, 4) is 0 Å². The van der Waals surface area contributed by atoms with Gasteiger partial charge in [-0.1, -0.05) is 6.07 Å². The topological polar surface area (TPSA) is 48.1 Å². The first kappa shape index (κ1) is 16.5. The molecule has 0 atom stereocenters. The van der Waals surface area contributed by atoms with E-state index < -0.39 is 0 Å². The number of benzene rings is 2. The summed E-state index contributed by atoms with van der Waals surface area (Å²) in [6.45, 7) is 0.497. The summed E-state index contributed by atoms with van der Waals surface area (Å²) in [6.07, 6.45) is 2.03. The van der Waals surface area contributed by atoms with Crippen molar-refractivity contribution in [3.63, 3.8) is 0 Å². The maximum atomic E-state index is 12.3. The zero-order valence-electron chi connectivity index (χ0n) is 14.1. The van der Waals surface area contributed by atoms with Gasteiger partial charge in [-0.05, 0) is 54.1 Å². The molecule has 0 aliphatic rings. The van der Waals surface area contributed by atoms with Crippen LogP contribution in [0.25, 0.3) is 10.9 Å². The Kier molecular flexibility index (Phi) is 4.81. The summed E-state index contributed by atoms with van der Waals surface area (Å²) in [7, 11) is 4.03. The number of fused-ring (bicyclic) bond motifs is 1. The van der Waals surface area contributed by atoms with Crippen molar-refractivity contribution < 1.29 is 0 Å². The van der Waals surface area contributed by atoms with Gasteiger partial charge in [0.15, 0.2) is 0 Å². The van der Waals surface area contributed by atoms with Gasteiger partial charge in [-0.15, -0.1) is 11.8 Å². The molecule has 2 N–H and O–H groups in total. The largest absolute Gasteiger partial charge is 0.381 e. The molecule has 5 heteroatoms. The van der Waals surface area contributed by atoms with E-state index in [-0.39, 0.29) is 5.56 Å². The standard InChI is InChI=1S/C19H21N3OS/c1-22(2)16-7-5-15(6-8-16)20-12-14-10-13-4-9-17(24-3)11-18(13)21-19(14)23/h4-11,20H,12H2,1-3H3,(H,21,23). The number of hydrogen-bond acceptors (Lipinski definition) is 4. The SMILES string of the molecule is CSc1ccc2cc(CNc3ccc(N(C)C)cc3)c(=O)[nH]c2c1. The Labute approximate surface area is 145 Å². The molecular formula is C19H21N3OS. The molecule has 0 fully saturated rings. The Morgan fingerprint density at radius 1 is 1.08 bits per heavy atom. The van der Waals surface area contributed by atoms with Crippen LogP contribution in [-0.4, -0.2) is 25.3 Å². The van der Waals surface area contributed by atoms with E-state index in [1.54, 1.807) is 11.8 Å². The predicted octanol–water partition coefficient (Wildman–Crippen LogP) is 3.93. The third-order valence-corrected chi connectivity index (χ3v) is 4.72. The van der Waals surface area contributed by atoms with Gasteiger partial charge in [0.1, 0.15) is 0 Å². The summed E-state index contributed by atoms with van der Waals surface area (Å²) in [5.74, 6) is 0. The molecule has 0 unspecified atom stereocenters. The number of rotatable bonds is 5. The maximum absolute atomic E-state index is 12.3. The molecule has 24 heavy (non-hydrogen) atoms. The van der Waals surface area contributed by atoms with Gasteiger partial charge in [0.05, 0.1) is 0 Å². The molecular weight excluding hydrogens is 318 g/mol. The molecule has 124 valence electrons. The Hall–Kier alpha value is -2.40. The van der Waals surface area contributed by atoms with Gasteiger partial charge in [0, 0.05) is 48.0 Å². The molecule has 1 aromatic heterocycles. The Morgan fingerprint density at radius 3 is 2.50 bits per heavy atom. The average molecular weight is 339 g/mol. The Bertz CT molecular complexity index is 901. The monoisotopic (exact) mass is 339 g/mol. The molecule has 3 rings (SSSR count). The summed E-state index contributed by atoms with van der Waals surface area (Å²) in [5, 5.41) is 4.36. The highest BCUT2D eigenvalue weighted by Crippen LogP contribution is 2.21. The highest BCUT2D eigenvalue weighted by Gasteiger charge is 2.04. The van der Waals surface area contributed by atoms with Crippen molar-refractivity contribution in [2.75, 3.05) is 30.6 Å². The number of thioether (sulfide) groups is 1. The lowest BCUT2D eigenvalue weighted by atomic mass is 10.1. The van der Waals surface area contributed by atoms with Crippen molar-refractivity contribution in [1.29, 1.82) is 0 Å². The Morgan fingerprint density at radius 2 is 1.83 bits per heavy atom. The molecule has 1 heterocycles. The van der Waals surface area contributed by atoms with E-state index >= 15 is 0 Å². The summed E-state index contributed by atoms with van der Waals surface area (Å²) in [6, 6.07) is 16.2. The summed E-state index contributed by atoms with van der Waals surface area (Å²) in [5.41, 5.74) is 3.71. The third kappa shape index (κ3) is 3.57. The van der Waals surface area contributed by atoms with Crippen molar-refractivity contribution in [2.24, 2.45) is 0 Å². The third-order valence-electron chi connectivity index (χ3n) is 4.00. The molecule has 0 radical (unpaired) electrons. The minimum Gasteiger partial charge on any atom is -0.381 e. The van der Waals surface area contributed by atoms with E-state index in [0.717, 1.165) is 32.7 Å². The van der Waals surface area contributed by atoms with E-state index in [9.17, 15) is 4.79 Å². The lowest BCUT2D eigenvalue weighted by molar-refractivity contribution is 1.09. The fraction of sp³-hybridized carbons (Fsp3) is 0.211. The predicted molar refractivity (Wildman–Crippen MR) is 104 cm³/mol. The first-order valence-electron chi connectivity index (χ1n) is 7.78. The van der Waals surface area contributed by atoms with Crippen LogP contribution in [0.15, 0.2) is 58.2 Å². The van der Waals surface area contributed by atoms with Crippen LogP contribution in [-0.2, 0) is 6.54 Å². The van der Waals surface area contributed by atoms with Gasteiger partial charge < -0.3 is 15.2 Å². The van der Waals surface area contributed by atoms with Gasteiger partial charge in [-0.3, -0.25) is 4.79 Å². The van der Waals surface area contributed by atoms with E-state index in [2.05, 4.69) is 33.4 Å². The molecule has 0 saturated carbocycles. The van der Waals surface area contributed by atoms with Crippen LogP contribution in [0, 0.1) is 0 Å². The van der Waals surface area contributed by atoms with Crippen LogP contribution in [0.3, 0.4) is 0 Å². The van der Waals surface area contributed by atoms with Crippen LogP contribution < -0.4 is 15.8 Å². The molecule has 4 nitrogen and oxygen atoms in total. The second-order valence-electron chi connectivity index (χ2n) is 5.87. The molecule has 0 aliphatic carbocycles. The molecule has 0 bridgehead atoms. The summed E-state index contributed by atoms with van der Waals surface area (Å²) < 4.78 is 0. The van der Waals surface area contributed by atoms with Crippen molar-refractivity contribution in [2.45, 2.75) is 11.4 Å². The minimum absolute atomic E-state index is 0.0434. The van der Waals surface area contributed by atoms with Crippen LogP contribution in [0.2, 0.25) is 0 Å². The van der Waals surface area contributed by atoms with Gasteiger partial charge in [0.2, 0.25) is 0 Å². The number of nitrogens with one attached hydrogen (secondary N) is 2. The van der Waals surface area contributed by atoms with E-state index in [1.807, 2.05) is 50.7 Å². The first-order valence-corrected chi connectivity index (χ1v) is 9.00. The number of H-pyrrole nitrogens is 1.